The van der Waals surface area contributed by atoms with E-state index in [0.717, 1.165) is 12.2 Å². The molecule has 0 saturated heterocycles. The molecule has 0 aliphatic rings. The molecule has 1 aromatic rings. The SMILES string of the molecule is CCN(CC(C)C#N)c1cccc(OC)c1N. The highest BCUT2D eigenvalue weighted by atomic mass is 16.5. The van der Waals surface area contributed by atoms with Crippen LogP contribution in [0.5, 0.6) is 5.75 Å². The fourth-order valence-electron chi connectivity index (χ4n) is 1.76. The first-order valence-corrected chi connectivity index (χ1v) is 5.71. The maximum atomic E-state index is 8.86. The van der Waals surface area contributed by atoms with Crippen molar-refractivity contribution in [2.75, 3.05) is 30.8 Å². The number of nitrogens with two attached hydrogens (primary N) is 1. The lowest BCUT2D eigenvalue weighted by Gasteiger charge is -2.26. The minimum Gasteiger partial charge on any atom is -0.495 e. The number of methoxy groups -OCH3 is 1. The van der Waals surface area contributed by atoms with Crippen LogP contribution in [0.15, 0.2) is 18.2 Å². The van der Waals surface area contributed by atoms with Crippen LogP contribution in [0.2, 0.25) is 0 Å². The Bertz CT molecular complexity index is 412. The van der Waals surface area contributed by atoms with Gasteiger partial charge >= 0.3 is 0 Å². The van der Waals surface area contributed by atoms with Crippen molar-refractivity contribution in [2.24, 2.45) is 5.92 Å². The van der Waals surface area contributed by atoms with Crippen LogP contribution in [0.25, 0.3) is 0 Å². The lowest BCUT2D eigenvalue weighted by atomic mass is 10.1. The zero-order valence-corrected chi connectivity index (χ0v) is 10.6. The third-order valence-electron chi connectivity index (χ3n) is 2.70. The number of hydrogen-bond acceptors (Lipinski definition) is 4. The van der Waals surface area contributed by atoms with E-state index in [9.17, 15) is 0 Å². The summed E-state index contributed by atoms with van der Waals surface area (Å²) in [4.78, 5) is 2.09. The lowest BCUT2D eigenvalue weighted by molar-refractivity contribution is 0.417. The first-order valence-electron chi connectivity index (χ1n) is 5.71. The van der Waals surface area contributed by atoms with Gasteiger partial charge in [0.15, 0.2) is 0 Å². The van der Waals surface area contributed by atoms with E-state index in [4.69, 9.17) is 15.7 Å². The van der Waals surface area contributed by atoms with Gasteiger partial charge in [-0.3, -0.25) is 0 Å². The summed E-state index contributed by atoms with van der Waals surface area (Å²) < 4.78 is 5.19. The second kappa shape index (κ2) is 6.00. The molecule has 92 valence electrons. The topological polar surface area (TPSA) is 62.3 Å². The van der Waals surface area contributed by atoms with Crippen molar-refractivity contribution in [3.8, 4) is 11.8 Å². The third-order valence-corrected chi connectivity index (χ3v) is 2.70. The quantitative estimate of drug-likeness (QED) is 0.792. The van der Waals surface area contributed by atoms with E-state index < -0.39 is 0 Å². The van der Waals surface area contributed by atoms with E-state index in [1.165, 1.54) is 0 Å². The summed E-state index contributed by atoms with van der Waals surface area (Å²) in [5, 5.41) is 8.86. The molecular weight excluding hydrogens is 214 g/mol. The van der Waals surface area contributed by atoms with Gasteiger partial charge < -0.3 is 15.4 Å². The van der Waals surface area contributed by atoms with Crippen molar-refractivity contribution in [1.82, 2.24) is 0 Å². The number of anilines is 2. The summed E-state index contributed by atoms with van der Waals surface area (Å²) in [6, 6.07) is 7.92. The van der Waals surface area contributed by atoms with Gasteiger partial charge in [-0.15, -0.1) is 0 Å². The molecular formula is C13H19N3O. The van der Waals surface area contributed by atoms with Gasteiger partial charge in [-0.1, -0.05) is 6.07 Å². The maximum Gasteiger partial charge on any atom is 0.143 e. The monoisotopic (exact) mass is 233 g/mol. The van der Waals surface area contributed by atoms with E-state index in [2.05, 4.69) is 11.0 Å². The van der Waals surface area contributed by atoms with Crippen molar-refractivity contribution in [1.29, 1.82) is 5.26 Å². The molecule has 1 unspecified atom stereocenters. The highest BCUT2D eigenvalue weighted by Gasteiger charge is 2.13. The molecule has 0 radical (unpaired) electrons. The van der Waals surface area contributed by atoms with Gasteiger partial charge in [-0.25, -0.2) is 0 Å². The van der Waals surface area contributed by atoms with E-state index in [1.807, 2.05) is 32.0 Å². The summed E-state index contributed by atoms with van der Waals surface area (Å²) in [5.41, 5.74) is 7.59. The largest absolute Gasteiger partial charge is 0.495 e. The molecule has 0 amide bonds. The standard InChI is InChI=1S/C13H19N3O/c1-4-16(9-10(2)8-14)11-6-5-7-12(17-3)13(11)15/h5-7,10H,4,9,15H2,1-3H3. The molecule has 2 N–H and O–H groups in total. The van der Waals surface area contributed by atoms with Crippen LogP contribution in [-0.2, 0) is 0 Å². The van der Waals surface area contributed by atoms with Crippen molar-refractivity contribution in [3.05, 3.63) is 18.2 Å². The lowest BCUT2D eigenvalue weighted by Crippen LogP contribution is -2.28. The highest BCUT2D eigenvalue weighted by molar-refractivity contribution is 5.74. The Kier molecular flexibility index (Phi) is 4.65. The van der Waals surface area contributed by atoms with Crippen LogP contribution >= 0.6 is 0 Å². The van der Waals surface area contributed by atoms with Crippen LogP contribution in [0.3, 0.4) is 0 Å². The van der Waals surface area contributed by atoms with E-state index in [0.29, 0.717) is 18.0 Å². The first-order chi connectivity index (χ1) is 8.13. The van der Waals surface area contributed by atoms with Gasteiger partial charge in [0.25, 0.3) is 0 Å². The Hall–Kier alpha value is -1.89. The van der Waals surface area contributed by atoms with Crippen LogP contribution in [0.4, 0.5) is 11.4 Å². The van der Waals surface area contributed by atoms with E-state index in [1.54, 1.807) is 7.11 Å². The zero-order valence-electron chi connectivity index (χ0n) is 10.6. The van der Waals surface area contributed by atoms with Crippen LogP contribution in [0.1, 0.15) is 13.8 Å². The smallest absolute Gasteiger partial charge is 0.143 e. The van der Waals surface area contributed by atoms with Crippen molar-refractivity contribution >= 4 is 11.4 Å². The third kappa shape index (κ3) is 3.04. The molecule has 0 fully saturated rings. The molecule has 4 nitrogen and oxygen atoms in total. The van der Waals surface area contributed by atoms with Crippen LogP contribution in [-0.4, -0.2) is 20.2 Å². The molecule has 0 aliphatic heterocycles. The summed E-state index contributed by atoms with van der Waals surface area (Å²) in [7, 11) is 1.60. The zero-order chi connectivity index (χ0) is 12.8. The molecule has 0 aromatic heterocycles. The molecule has 0 bridgehead atoms. The fourth-order valence-corrected chi connectivity index (χ4v) is 1.76. The molecule has 0 saturated carbocycles. The minimum absolute atomic E-state index is 0.0273. The number of ether oxygens (including phenoxy) is 1. The van der Waals surface area contributed by atoms with Crippen molar-refractivity contribution < 1.29 is 4.74 Å². The summed E-state index contributed by atoms with van der Waals surface area (Å²) in [6.07, 6.45) is 0. The maximum absolute atomic E-state index is 8.86. The molecule has 1 atom stereocenters. The predicted molar refractivity (Wildman–Crippen MR) is 70.1 cm³/mol. The molecule has 0 spiro atoms. The predicted octanol–water partition coefficient (Wildman–Crippen LogP) is 2.26. The molecule has 0 heterocycles. The van der Waals surface area contributed by atoms with Crippen LogP contribution in [0, 0.1) is 17.2 Å². The Morgan fingerprint density at radius 1 is 1.53 bits per heavy atom. The number of hydrogen-bond donors (Lipinski definition) is 1. The van der Waals surface area contributed by atoms with Gasteiger partial charge in [-0.05, 0) is 26.0 Å². The number of rotatable bonds is 5. The summed E-state index contributed by atoms with van der Waals surface area (Å²) >= 11 is 0. The minimum atomic E-state index is -0.0273. The van der Waals surface area contributed by atoms with Gasteiger partial charge in [0.2, 0.25) is 0 Å². The Labute approximate surface area is 103 Å². The van der Waals surface area contributed by atoms with Gasteiger partial charge in [0.05, 0.1) is 30.5 Å². The Morgan fingerprint density at radius 3 is 2.76 bits per heavy atom. The number of benzene rings is 1. The van der Waals surface area contributed by atoms with E-state index in [-0.39, 0.29) is 5.92 Å². The Morgan fingerprint density at radius 2 is 2.24 bits per heavy atom. The molecule has 0 aliphatic carbocycles. The van der Waals surface area contributed by atoms with Gasteiger partial charge in [-0.2, -0.15) is 5.26 Å². The average molecular weight is 233 g/mol. The highest BCUT2D eigenvalue weighted by Crippen LogP contribution is 2.32. The number of para-hydroxylation sites is 1. The second-order valence-corrected chi connectivity index (χ2v) is 3.96. The number of nitrogen functional groups attached to an aromatic ring is 1. The van der Waals surface area contributed by atoms with Gasteiger partial charge in [0.1, 0.15) is 5.75 Å². The molecule has 1 aromatic carbocycles. The molecule has 4 heteroatoms. The van der Waals surface area contributed by atoms with E-state index >= 15 is 0 Å². The van der Waals surface area contributed by atoms with Crippen molar-refractivity contribution in [3.63, 3.8) is 0 Å². The summed E-state index contributed by atoms with van der Waals surface area (Å²) in [6.45, 7) is 5.43. The molecule has 1 rings (SSSR count). The van der Waals surface area contributed by atoms with Crippen LogP contribution < -0.4 is 15.4 Å². The first kappa shape index (κ1) is 13.2. The fraction of sp³-hybridized carbons (Fsp3) is 0.462. The Balaban J connectivity index is 3.00. The van der Waals surface area contributed by atoms with Gasteiger partial charge in [0, 0.05) is 13.1 Å². The summed E-state index contributed by atoms with van der Waals surface area (Å²) in [5.74, 6) is 0.645. The molecule has 17 heavy (non-hydrogen) atoms. The van der Waals surface area contributed by atoms with Crippen molar-refractivity contribution in [2.45, 2.75) is 13.8 Å². The average Bonchev–Trinajstić information content (AvgIpc) is 2.36. The number of nitriles is 1. The normalized spacial score (nSPS) is 11.6. The number of nitrogens with zero attached hydrogens (tertiary/aromatic N) is 2. The second-order valence-electron chi connectivity index (χ2n) is 3.96.